The van der Waals surface area contributed by atoms with Crippen LogP contribution in [0.25, 0.3) is 0 Å². The molecule has 0 unspecified atom stereocenters. The Balaban J connectivity index is -0.000000116. The fraction of sp³-hybridized carbons (Fsp3) is 1.00. The Hall–Kier alpha value is 1.70. The van der Waals surface area contributed by atoms with Crippen LogP contribution in [-0.2, 0) is 25.3 Å². The first kappa shape index (κ1) is 29.7. The molecular weight excluding hydrogens is 334 g/mol. The first-order chi connectivity index (χ1) is 7.98. The van der Waals surface area contributed by atoms with Crippen LogP contribution in [0.4, 0.5) is 0 Å². The minimum absolute atomic E-state index is 0. The summed E-state index contributed by atoms with van der Waals surface area (Å²) in [5.41, 5.74) is 0. The molecule has 0 aromatic heterocycles. The quantitative estimate of drug-likeness (QED) is 0.263. The van der Waals surface area contributed by atoms with E-state index >= 15 is 0 Å². The van der Waals surface area contributed by atoms with Gasteiger partial charge in [-0.3, -0.25) is 0 Å². The number of rotatable bonds is 7. The summed E-state index contributed by atoms with van der Waals surface area (Å²) in [5, 5.41) is 0. The van der Waals surface area contributed by atoms with Crippen molar-refractivity contribution >= 4 is 20.6 Å². The zero-order valence-electron chi connectivity index (χ0n) is 12.4. The zero-order chi connectivity index (χ0) is 14.8. The Labute approximate surface area is 165 Å². The Morgan fingerprint density at radius 3 is 1.60 bits per heavy atom. The third-order valence-electron chi connectivity index (χ3n) is 1.25. The van der Waals surface area contributed by atoms with E-state index in [-0.39, 0.29) is 84.7 Å². The number of methoxy groups -OCH3 is 1. The summed E-state index contributed by atoms with van der Waals surface area (Å²) in [6, 6.07) is 0. The van der Waals surface area contributed by atoms with Gasteiger partial charge in [0, 0.05) is 20.2 Å². The second kappa shape index (κ2) is 15.6. The molecule has 9 nitrogen and oxygen atoms in total. The molecule has 2 N–H and O–H groups in total. The van der Waals surface area contributed by atoms with Gasteiger partial charge in [-0.15, -0.1) is 0 Å². The average molecular weight is 352 g/mol. The molecule has 0 atom stereocenters. The molecule has 0 aromatic rings. The van der Waals surface area contributed by atoms with Gasteiger partial charge in [0.15, 0.2) is 20.6 Å². The summed E-state index contributed by atoms with van der Waals surface area (Å²) < 4.78 is 67.0. The van der Waals surface area contributed by atoms with E-state index < -0.39 is 20.6 Å². The first-order valence-corrected chi connectivity index (χ1v) is 7.69. The molecule has 0 amide bonds. The van der Waals surface area contributed by atoms with E-state index in [0.29, 0.717) is 0 Å². The fourth-order valence-corrected chi connectivity index (χ4v) is 1.41. The number of hydrogen-bond acceptors (Lipinski definition) is 7. The van der Waals surface area contributed by atoms with Gasteiger partial charge in [0.25, 0.3) is 0 Å². The van der Waals surface area contributed by atoms with Crippen LogP contribution >= 0.6 is 0 Å². The first-order valence-electron chi connectivity index (χ1n) is 4.88. The SMILES string of the molecule is CC(C)CNS(=O)(=O)[O-].COCCNS(=O)(=O)[O-].[Na+].[Na+]. The summed E-state index contributed by atoms with van der Waals surface area (Å²) in [6.45, 7) is 4.09. The summed E-state index contributed by atoms with van der Waals surface area (Å²) in [7, 11) is -7.08. The van der Waals surface area contributed by atoms with Crippen LogP contribution < -0.4 is 68.6 Å². The number of nitrogens with one attached hydrogen (secondary N) is 2. The molecular formula is C7H18N2Na2O7S2. The molecule has 0 aliphatic carbocycles. The normalized spacial score (nSPS) is 10.9. The van der Waals surface area contributed by atoms with Crippen molar-refractivity contribution in [2.75, 3.05) is 26.8 Å². The molecule has 0 radical (unpaired) electrons. The van der Waals surface area contributed by atoms with Gasteiger partial charge in [-0.25, -0.2) is 26.3 Å². The van der Waals surface area contributed by atoms with Crippen LogP contribution in [0, 0.1) is 5.92 Å². The van der Waals surface area contributed by atoms with E-state index in [1.807, 2.05) is 18.6 Å². The maximum Gasteiger partial charge on any atom is 1.00 e. The molecule has 0 aliphatic rings. The molecule has 0 fully saturated rings. The van der Waals surface area contributed by atoms with Gasteiger partial charge < -0.3 is 13.8 Å². The van der Waals surface area contributed by atoms with Gasteiger partial charge in [0.2, 0.25) is 0 Å². The van der Waals surface area contributed by atoms with Crippen molar-refractivity contribution in [1.29, 1.82) is 0 Å². The third-order valence-corrected chi connectivity index (χ3v) is 2.33. The van der Waals surface area contributed by atoms with Crippen molar-refractivity contribution in [1.82, 2.24) is 9.44 Å². The molecule has 0 heterocycles. The molecule has 112 valence electrons. The second-order valence-electron chi connectivity index (χ2n) is 3.54. The van der Waals surface area contributed by atoms with Crippen LogP contribution in [0.5, 0.6) is 0 Å². The average Bonchev–Trinajstić information content (AvgIpc) is 2.13. The molecule has 0 saturated heterocycles. The fourth-order valence-electron chi connectivity index (χ4n) is 0.537. The maximum atomic E-state index is 9.87. The molecule has 13 heteroatoms. The van der Waals surface area contributed by atoms with Crippen molar-refractivity contribution in [3.63, 3.8) is 0 Å². The van der Waals surface area contributed by atoms with Gasteiger partial charge in [0.1, 0.15) is 0 Å². The standard InChI is InChI=1S/C4H11NO3S.C3H9NO4S.2Na/c1-4(2)3-5-9(6,7)8;1-8-3-2-4-9(5,6)7;;/h4-5H,3H2,1-2H3,(H,6,7,8);4H,2-3H2,1H3,(H,5,6,7);;/q;;2*+1/p-2. The molecule has 0 spiro atoms. The van der Waals surface area contributed by atoms with Crippen LogP contribution in [0.15, 0.2) is 0 Å². The molecule has 0 aromatic carbocycles. The molecule has 0 bridgehead atoms. The monoisotopic (exact) mass is 352 g/mol. The third kappa shape index (κ3) is 36.7. The molecule has 0 saturated carbocycles. The number of hydrogen-bond donors (Lipinski definition) is 2. The largest absolute Gasteiger partial charge is 1.00 e. The summed E-state index contributed by atoms with van der Waals surface area (Å²) >= 11 is 0. The van der Waals surface area contributed by atoms with Crippen LogP contribution in [0.1, 0.15) is 13.8 Å². The molecule has 20 heavy (non-hydrogen) atoms. The van der Waals surface area contributed by atoms with Crippen molar-refractivity contribution in [3.05, 3.63) is 0 Å². The maximum absolute atomic E-state index is 9.87. The van der Waals surface area contributed by atoms with E-state index in [4.69, 9.17) is 0 Å². The topological polar surface area (TPSA) is 148 Å². The minimum atomic E-state index is -4.28. The predicted molar refractivity (Wildman–Crippen MR) is 62.1 cm³/mol. The van der Waals surface area contributed by atoms with Gasteiger partial charge in [-0.1, -0.05) is 13.8 Å². The van der Waals surface area contributed by atoms with Gasteiger partial charge in [0.05, 0.1) is 6.61 Å². The van der Waals surface area contributed by atoms with Crippen LogP contribution in [-0.4, -0.2) is 52.7 Å². The molecule has 0 rings (SSSR count). The van der Waals surface area contributed by atoms with Gasteiger partial charge in [-0.05, 0) is 5.92 Å². The zero-order valence-corrected chi connectivity index (χ0v) is 18.0. The van der Waals surface area contributed by atoms with E-state index in [1.54, 1.807) is 4.72 Å². The minimum Gasteiger partial charge on any atom is -0.735 e. The molecule has 0 aliphatic heterocycles. The number of ether oxygens (including phenoxy) is 1. The van der Waals surface area contributed by atoms with Crippen LogP contribution in [0.3, 0.4) is 0 Å². The van der Waals surface area contributed by atoms with Crippen molar-refractivity contribution < 1.29 is 89.8 Å². The van der Waals surface area contributed by atoms with E-state index in [0.717, 1.165) is 0 Å². The van der Waals surface area contributed by atoms with E-state index in [2.05, 4.69) is 4.74 Å². The summed E-state index contributed by atoms with van der Waals surface area (Å²) in [6.07, 6.45) is 0. The van der Waals surface area contributed by atoms with E-state index in [1.165, 1.54) is 7.11 Å². The Bertz CT molecular complexity index is 399. The van der Waals surface area contributed by atoms with Crippen molar-refractivity contribution in [2.45, 2.75) is 13.8 Å². The Morgan fingerprint density at radius 1 is 1.00 bits per heavy atom. The Kier molecular flexibility index (Phi) is 23.1. The van der Waals surface area contributed by atoms with E-state index in [9.17, 15) is 25.9 Å². The second-order valence-corrected chi connectivity index (χ2v) is 5.93. The predicted octanol–water partition coefficient (Wildman–Crippen LogP) is -7.62. The summed E-state index contributed by atoms with van der Waals surface area (Å²) in [4.78, 5) is 0. The van der Waals surface area contributed by atoms with Crippen molar-refractivity contribution in [2.24, 2.45) is 5.92 Å². The Morgan fingerprint density at radius 2 is 1.40 bits per heavy atom. The van der Waals surface area contributed by atoms with Crippen molar-refractivity contribution in [3.8, 4) is 0 Å². The smallest absolute Gasteiger partial charge is 0.735 e. The van der Waals surface area contributed by atoms with Gasteiger partial charge in [-0.2, -0.15) is 0 Å². The van der Waals surface area contributed by atoms with Crippen LogP contribution in [0.2, 0.25) is 0 Å². The van der Waals surface area contributed by atoms with Gasteiger partial charge >= 0.3 is 59.1 Å². The summed E-state index contributed by atoms with van der Waals surface area (Å²) in [5.74, 6) is 0.175.